The monoisotopic (exact) mass is 486 g/mol. The Balaban J connectivity index is 1.29. The van der Waals surface area contributed by atoms with Crippen LogP contribution in [0.25, 0.3) is 11.4 Å². The third kappa shape index (κ3) is 5.26. The molecule has 0 bridgehead atoms. The second-order valence-electron chi connectivity index (χ2n) is 7.75. The van der Waals surface area contributed by atoms with Crippen LogP contribution in [0.2, 0.25) is 5.02 Å². The molecule has 0 spiro atoms. The van der Waals surface area contributed by atoms with E-state index in [0.717, 1.165) is 30.8 Å². The van der Waals surface area contributed by atoms with Gasteiger partial charge in [0.15, 0.2) is 22.5 Å². The maximum atomic E-state index is 12.6. The van der Waals surface area contributed by atoms with Gasteiger partial charge in [0.1, 0.15) is 13.2 Å². The van der Waals surface area contributed by atoms with E-state index in [1.165, 1.54) is 11.8 Å². The standard InChI is InChI=1S/C23H23ClN4O4S/c24-16-5-3-15(4-6-16)22-26-27-23(28(22)13-18-2-1-9-30-18)33-14-21(29)25-17-7-8-19-20(12-17)32-11-10-31-19/h3-8,12,18H,1-2,9-11,13-14H2,(H,25,29)/t18-/m0/s1. The minimum absolute atomic E-state index is 0.109. The van der Waals surface area contributed by atoms with E-state index in [2.05, 4.69) is 15.5 Å². The normalized spacial score (nSPS) is 17.2. The number of thioether (sulfide) groups is 1. The molecule has 8 nitrogen and oxygen atoms in total. The van der Waals surface area contributed by atoms with Gasteiger partial charge in [-0.3, -0.25) is 9.36 Å². The molecule has 1 N–H and O–H groups in total. The molecule has 2 aromatic carbocycles. The predicted octanol–water partition coefficient (Wildman–Crippen LogP) is 4.28. The van der Waals surface area contributed by atoms with E-state index in [0.29, 0.717) is 47.1 Å². The Hall–Kier alpha value is -2.75. The van der Waals surface area contributed by atoms with Crippen LogP contribution in [-0.2, 0) is 16.1 Å². The van der Waals surface area contributed by atoms with Gasteiger partial charge in [-0.2, -0.15) is 0 Å². The van der Waals surface area contributed by atoms with Crippen molar-refractivity contribution in [1.82, 2.24) is 14.8 Å². The Labute approximate surface area is 200 Å². The van der Waals surface area contributed by atoms with Crippen molar-refractivity contribution in [2.75, 3.05) is 30.9 Å². The summed E-state index contributed by atoms with van der Waals surface area (Å²) in [4.78, 5) is 12.6. The van der Waals surface area contributed by atoms with Crippen LogP contribution in [-0.4, -0.2) is 52.3 Å². The Kier molecular flexibility index (Phi) is 6.70. The van der Waals surface area contributed by atoms with Gasteiger partial charge in [0.05, 0.1) is 18.4 Å². The highest BCUT2D eigenvalue weighted by atomic mass is 35.5. The number of anilines is 1. The molecular formula is C23H23ClN4O4S. The van der Waals surface area contributed by atoms with E-state index in [-0.39, 0.29) is 17.8 Å². The van der Waals surface area contributed by atoms with Crippen LogP contribution in [0.15, 0.2) is 47.6 Å². The van der Waals surface area contributed by atoms with Gasteiger partial charge < -0.3 is 19.5 Å². The molecule has 1 atom stereocenters. The molecule has 3 heterocycles. The molecule has 2 aliphatic heterocycles. The summed E-state index contributed by atoms with van der Waals surface area (Å²) < 4.78 is 19.0. The molecule has 5 rings (SSSR count). The van der Waals surface area contributed by atoms with E-state index in [9.17, 15) is 4.79 Å². The molecular weight excluding hydrogens is 464 g/mol. The van der Waals surface area contributed by atoms with Gasteiger partial charge in [0.25, 0.3) is 0 Å². The van der Waals surface area contributed by atoms with Gasteiger partial charge >= 0.3 is 0 Å². The number of ether oxygens (including phenoxy) is 3. The molecule has 1 amide bonds. The first kappa shape index (κ1) is 22.1. The van der Waals surface area contributed by atoms with Crippen molar-refractivity contribution in [2.24, 2.45) is 0 Å². The lowest BCUT2D eigenvalue weighted by atomic mass is 10.2. The second-order valence-corrected chi connectivity index (χ2v) is 9.13. The summed E-state index contributed by atoms with van der Waals surface area (Å²) in [6, 6.07) is 12.9. The van der Waals surface area contributed by atoms with Crippen LogP contribution in [0.4, 0.5) is 5.69 Å². The van der Waals surface area contributed by atoms with Crippen molar-refractivity contribution in [3.8, 4) is 22.9 Å². The molecule has 0 aliphatic carbocycles. The number of carbonyl (C=O) groups excluding carboxylic acids is 1. The van der Waals surface area contributed by atoms with Gasteiger partial charge in [-0.05, 0) is 49.2 Å². The van der Waals surface area contributed by atoms with Crippen LogP contribution < -0.4 is 14.8 Å². The number of hydrogen-bond donors (Lipinski definition) is 1. The molecule has 0 saturated carbocycles. The van der Waals surface area contributed by atoms with Crippen LogP contribution >= 0.6 is 23.4 Å². The second kappa shape index (κ2) is 10.0. The van der Waals surface area contributed by atoms with Crippen LogP contribution in [0.5, 0.6) is 11.5 Å². The highest BCUT2D eigenvalue weighted by molar-refractivity contribution is 7.99. The Morgan fingerprint density at radius 2 is 1.91 bits per heavy atom. The molecule has 172 valence electrons. The molecule has 1 aromatic heterocycles. The molecule has 1 fully saturated rings. The van der Waals surface area contributed by atoms with E-state index in [1.54, 1.807) is 18.2 Å². The fourth-order valence-corrected chi connectivity index (χ4v) is 4.69. The molecule has 3 aromatic rings. The summed E-state index contributed by atoms with van der Waals surface area (Å²) in [6.45, 7) is 2.43. The average Bonchev–Trinajstić information content (AvgIpc) is 3.49. The summed E-state index contributed by atoms with van der Waals surface area (Å²) in [5.74, 6) is 2.10. The van der Waals surface area contributed by atoms with Crippen molar-refractivity contribution < 1.29 is 19.0 Å². The smallest absolute Gasteiger partial charge is 0.234 e. The fraction of sp³-hybridized carbons (Fsp3) is 0.348. The van der Waals surface area contributed by atoms with Crippen molar-refractivity contribution in [3.05, 3.63) is 47.5 Å². The zero-order chi connectivity index (χ0) is 22.6. The maximum absolute atomic E-state index is 12.6. The first-order valence-electron chi connectivity index (χ1n) is 10.8. The van der Waals surface area contributed by atoms with Crippen molar-refractivity contribution in [2.45, 2.75) is 30.6 Å². The number of amides is 1. The number of hydrogen-bond acceptors (Lipinski definition) is 7. The van der Waals surface area contributed by atoms with Gasteiger partial charge in [-0.15, -0.1) is 10.2 Å². The van der Waals surface area contributed by atoms with E-state index < -0.39 is 0 Å². The van der Waals surface area contributed by atoms with E-state index in [4.69, 9.17) is 25.8 Å². The molecule has 33 heavy (non-hydrogen) atoms. The van der Waals surface area contributed by atoms with Gasteiger partial charge in [-0.25, -0.2) is 0 Å². The van der Waals surface area contributed by atoms with Crippen LogP contribution in [0, 0.1) is 0 Å². The highest BCUT2D eigenvalue weighted by Gasteiger charge is 2.22. The molecule has 0 radical (unpaired) electrons. The Bertz CT molecular complexity index is 1130. The summed E-state index contributed by atoms with van der Waals surface area (Å²) in [5.41, 5.74) is 1.57. The topological polar surface area (TPSA) is 87.5 Å². The van der Waals surface area contributed by atoms with Gasteiger partial charge in [-0.1, -0.05) is 23.4 Å². The number of benzene rings is 2. The number of rotatable bonds is 7. The van der Waals surface area contributed by atoms with Crippen LogP contribution in [0.3, 0.4) is 0 Å². The lowest BCUT2D eigenvalue weighted by Crippen LogP contribution is -2.18. The zero-order valence-corrected chi connectivity index (χ0v) is 19.4. The van der Waals surface area contributed by atoms with Crippen molar-refractivity contribution in [1.29, 1.82) is 0 Å². The third-order valence-electron chi connectivity index (χ3n) is 5.39. The number of halogens is 1. The van der Waals surface area contributed by atoms with Crippen molar-refractivity contribution in [3.63, 3.8) is 0 Å². The zero-order valence-electron chi connectivity index (χ0n) is 17.8. The minimum atomic E-state index is -0.142. The van der Waals surface area contributed by atoms with Crippen molar-refractivity contribution >= 4 is 35.0 Å². The van der Waals surface area contributed by atoms with Gasteiger partial charge in [0, 0.05) is 28.9 Å². The highest BCUT2D eigenvalue weighted by Crippen LogP contribution is 2.33. The van der Waals surface area contributed by atoms with Crippen LogP contribution in [0.1, 0.15) is 12.8 Å². The third-order valence-corrected chi connectivity index (χ3v) is 6.61. The fourth-order valence-electron chi connectivity index (χ4n) is 3.81. The molecule has 1 saturated heterocycles. The van der Waals surface area contributed by atoms with E-state index in [1.807, 2.05) is 28.8 Å². The summed E-state index contributed by atoms with van der Waals surface area (Å²) >= 11 is 7.39. The largest absolute Gasteiger partial charge is 0.486 e. The Morgan fingerprint density at radius 3 is 2.70 bits per heavy atom. The SMILES string of the molecule is O=C(CSc1nnc(-c2ccc(Cl)cc2)n1C[C@@H]1CCCO1)Nc1ccc2c(c1)OCCO2. The number of nitrogens with one attached hydrogen (secondary N) is 1. The number of carbonyl (C=O) groups is 1. The molecule has 0 unspecified atom stereocenters. The number of nitrogens with zero attached hydrogens (tertiary/aromatic N) is 3. The predicted molar refractivity (Wildman–Crippen MR) is 126 cm³/mol. The first-order valence-corrected chi connectivity index (χ1v) is 12.1. The first-order chi connectivity index (χ1) is 16.2. The summed E-state index contributed by atoms with van der Waals surface area (Å²) in [7, 11) is 0. The summed E-state index contributed by atoms with van der Waals surface area (Å²) in [5, 5.41) is 13.0. The lowest BCUT2D eigenvalue weighted by Gasteiger charge is -2.19. The minimum Gasteiger partial charge on any atom is -0.486 e. The average molecular weight is 487 g/mol. The lowest BCUT2D eigenvalue weighted by molar-refractivity contribution is -0.113. The maximum Gasteiger partial charge on any atom is 0.234 e. The van der Waals surface area contributed by atoms with Gasteiger partial charge in [0.2, 0.25) is 5.91 Å². The Morgan fingerprint density at radius 1 is 1.09 bits per heavy atom. The molecule has 2 aliphatic rings. The summed E-state index contributed by atoms with van der Waals surface area (Å²) in [6.07, 6.45) is 2.15. The van der Waals surface area contributed by atoms with E-state index >= 15 is 0 Å². The molecule has 10 heteroatoms. The quantitative estimate of drug-likeness (QED) is 0.499. The number of aromatic nitrogens is 3. The number of fused-ring (bicyclic) bond motifs is 1.